The molecule has 2 aromatic heterocycles. The second-order valence-electron chi connectivity index (χ2n) is 12.8. The molecule has 4 heteroatoms. The summed E-state index contributed by atoms with van der Waals surface area (Å²) >= 11 is 0. The van der Waals surface area contributed by atoms with Crippen LogP contribution in [0.2, 0.25) is 0 Å². The number of nitrogens with one attached hydrogen (secondary N) is 1. The fraction of sp³-hybridized carbons (Fsp3) is 0.0476. The van der Waals surface area contributed by atoms with E-state index in [2.05, 4.69) is 145 Å². The maximum atomic E-state index is 6.43. The molecule has 0 amide bonds. The van der Waals surface area contributed by atoms with Crippen molar-refractivity contribution in [3.63, 3.8) is 0 Å². The quantitative estimate of drug-likeness (QED) is 0.208. The van der Waals surface area contributed by atoms with Crippen LogP contribution in [-0.2, 0) is 0 Å². The molecule has 1 aliphatic heterocycles. The molecule has 0 saturated heterocycles. The number of benzene rings is 7. The number of aryl methyl sites for hydroxylation is 2. The van der Waals surface area contributed by atoms with Crippen molar-refractivity contribution >= 4 is 84.1 Å². The highest BCUT2D eigenvalue weighted by molar-refractivity contribution is 6.74. The maximum Gasteiger partial charge on any atom is 0.198 e. The lowest BCUT2D eigenvalue weighted by atomic mass is 9.58. The van der Waals surface area contributed by atoms with Crippen molar-refractivity contribution in [3.8, 4) is 16.8 Å². The molecule has 9 aromatic rings. The van der Waals surface area contributed by atoms with Gasteiger partial charge in [-0.15, -0.1) is 0 Å². The Morgan fingerprint density at radius 2 is 1.39 bits per heavy atom. The van der Waals surface area contributed by atoms with Gasteiger partial charge in [0, 0.05) is 55.1 Å². The Hall–Kier alpha value is -5.74. The van der Waals surface area contributed by atoms with E-state index in [-0.39, 0.29) is 0 Å². The molecule has 7 aromatic carbocycles. The van der Waals surface area contributed by atoms with E-state index in [1.54, 1.807) is 0 Å². The third-order valence-electron chi connectivity index (χ3n) is 9.95. The van der Waals surface area contributed by atoms with E-state index < -0.39 is 0 Å². The monoisotopic (exact) mass is 588 g/mol. The molecule has 0 radical (unpaired) electrons. The predicted molar refractivity (Wildman–Crippen MR) is 197 cm³/mol. The summed E-state index contributed by atoms with van der Waals surface area (Å²) in [5.74, 6) is 0. The number of aromatic nitrogens is 1. The van der Waals surface area contributed by atoms with Crippen molar-refractivity contribution in [2.45, 2.75) is 13.8 Å². The van der Waals surface area contributed by atoms with Crippen LogP contribution in [0.5, 0.6) is 0 Å². The van der Waals surface area contributed by atoms with E-state index in [0.29, 0.717) is 0 Å². The molecule has 0 saturated carbocycles. The molecular formula is C42H29BN2O. The topological polar surface area (TPSA) is 30.1 Å². The van der Waals surface area contributed by atoms with E-state index in [9.17, 15) is 0 Å². The number of rotatable bonds is 3. The normalized spacial score (nSPS) is 12.3. The number of hydrogen-bond donors (Lipinski definition) is 1. The molecule has 3 nitrogen and oxygen atoms in total. The summed E-state index contributed by atoms with van der Waals surface area (Å²) in [5, 5.41) is 11.2. The van der Waals surface area contributed by atoms with Gasteiger partial charge < -0.3 is 14.3 Å². The smallest absolute Gasteiger partial charge is 0.198 e. The molecule has 0 spiro atoms. The molecule has 3 heterocycles. The van der Waals surface area contributed by atoms with Gasteiger partial charge in [-0.2, -0.15) is 0 Å². The van der Waals surface area contributed by atoms with Crippen molar-refractivity contribution in [1.29, 1.82) is 0 Å². The van der Waals surface area contributed by atoms with Crippen LogP contribution in [0, 0.1) is 13.8 Å². The third-order valence-corrected chi connectivity index (χ3v) is 9.95. The summed E-state index contributed by atoms with van der Waals surface area (Å²) in [6, 6.07) is 46.2. The van der Waals surface area contributed by atoms with E-state index in [4.69, 9.17) is 4.42 Å². The van der Waals surface area contributed by atoms with Crippen molar-refractivity contribution in [2.75, 3.05) is 5.32 Å². The van der Waals surface area contributed by atoms with Crippen LogP contribution >= 0.6 is 0 Å². The van der Waals surface area contributed by atoms with Gasteiger partial charge in [-0.1, -0.05) is 102 Å². The number of fused-ring (bicyclic) bond motifs is 10. The highest BCUT2D eigenvalue weighted by atomic mass is 16.3. The molecule has 0 bridgehead atoms. The first kappa shape index (κ1) is 25.6. The Morgan fingerprint density at radius 3 is 2.28 bits per heavy atom. The maximum absolute atomic E-state index is 6.43. The number of para-hydroxylation sites is 2. The molecule has 46 heavy (non-hydrogen) atoms. The van der Waals surface area contributed by atoms with E-state index >= 15 is 0 Å². The van der Waals surface area contributed by atoms with E-state index in [0.717, 1.165) is 40.6 Å². The van der Waals surface area contributed by atoms with Crippen LogP contribution < -0.4 is 16.2 Å². The number of anilines is 2. The summed E-state index contributed by atoms with van der Waals surface area (Å²) in [6.45, 7) is 4.40. The summed E-state index contributed by atoms with van der Waals surface area (Å²) in [7, 11) is 0.821. The zero-order chi connectivity index (χ0) is 30.5. The van der Waals surface area contributed by atoms with Gasteiger partial charge in [0.15, 0.2) is 7.28 Å². The van der Waals surface area contributed by atoms with Gasteiger partial charge in [-0.3, -0.25) is 0 Å². The van der Waals surface area contributed by atoms with Crippen LogP contribution in [0.1, 0.15) is 11.1 Å². The van der Waals surface area contributed by atoms with Crippen LogP contribution in [0.25, 0.3) is 71.3 Å². The molecule has 0 unspecified atom stereocenters. The highest BCUT2D eigenvalue weighted by Gasteiger charge is 2.29. The lowest BCUT2D eigenvalue weighted by molar-refractivity contribution is 0.669. The fourth-order valence-corrected chi connectivity index (χ4v) is 7.86. The van der Waals surface area contributed by atoms with Crippen LogP contribution in [0.4, 0.5) is 11.4 Å². The summed E-state index contributed by atoms with van der Waals surface area (Å²) in [6.07, 6.45) is 0. The van der Waals surface area contributed by atoms with Gasteiger partial charge in [-0.05, 0) is 72.2 Å². The zero-order valence-electron chi connectivity index (χ0n) is 25.7. The lowest BCUT2D eigenvalue weighted by Gasteiger charge is -2.24. The van der Waals surface area contributed by atoms with Crippen molar-refractivity contribution < 1.29 is 4.42 Å². The minimum Gasteiger partial charge on any atom is -0.456 e. The third kappa shape index (κ3) is 3.55. The van der Waals surface area contributed by atoms with Crippen molar-refractivity contribution in [1.82, 2.24) is 4.57 Å². The molecule has 0 atom stereocenters. The Bertz CT molecular complexity index is 2710. The zero-order valence-corrected chi connectivity index (χ0v) is 25.7. The second-order valence-corrected chi connectivity index (χ2v) is 12.8. The molecule has 1 aliphatic rings. The summed E-state index contributed by atoms with van der Waals surface area (Å²) < 4.78 is 8.99. The second kappa shape index (κ2) is 9.39. The Morgan fingerprint density at radius 1 is 0.609 bits per heavy atom. The van der Waals surface area contributed by atoms with Gasteiger partial charge in [0.05, 0.1) is 5.52 Å². The first-order chi connectivity index (χ1) is 22.6. The van der Waals surface area contributed by atoms with E-state index in [1.165, 1.54) is 71.4 Å². The fourth-order valence-electron chi connectivity index (χ4n) is 7.86. The Labute approximate surface area is 266 Å². The van der Waals surface area contributed by atoms with E-state index in [1.807, 2.05) is 6.07 Å². The predicted octanol–water partition coefficient (Wildman–Crippen LogP) is 9.56. The number of hydrogen-bond acceptors (Lipinski definition) is 2. The molecule has 10 rings (SSSR count). The first-order valence-electron chi connectivity index (χ1n) is 16.0. The molecule has 1 N–H and O–H groups in total. The van der Waals surface area contributed by atoms with Gasteiger partial charge in [0.2, 0.25) is 0 Å². The van der Waals surface area contributed by atoms with Crippen molar-refractivity contribution in [2.24, 2.45) is 0 Å². The Kier molecular flexibility index (Phi) is 5.22. The van der Waals surface area contributed by atoms with Crippen LogP contribution in [0.15, 0.2) is 132 Å². The summed E-state index contributed by atoms with van der Waals surface area (Å²) in [4.78, 5) is 0. The van der Waals surface area contributed by atoms with Gasteiger partial charge >= 0.3 is 0 Å². The van der Waals surface area contributed by atoms with Gasteiger partial charge in [-0.25, -0.2) is 0 Å². The Balaban J connectivity index is 1.33. The van der Waals surface area contributed by atoms with Gasteiger partial charge in [0.25, 0.3) is 0 Å². The molecule has 0 aliphatic carbocycles. The van der Waals surface area contributed by atoms with Crippen LogP contribution in [-0.4, -0.2) is 11.8 Å². The number of furan rings is 1. The molecule has 0 fully saturated rings. The first-order valence-corrected chi connectivity index (χ1v) is 16.0. The highest BCUT2D eigenvalue weighted by Crippen LogP contribution is 2.42. The summed E-state index contributed by atoms with van der Waals surface area (Å²) in [5.41, 5.74) is 15.5. The SMILES string of the molecule is Cc1ccc(Nc2ccccc2-c2cc(C)c3c4ccc5ccccc5c4n4c3c2Bc2cc3oc5ccccc5c3cc2-4)cc1. The number of nitrogens with zero attached hydrogens (tertiary/aromatic N) is 1. The molecular weight excluding hydrogens is 559 g/mol. The lowest BCUT2D eigenvalue weighted by Crippen LogP contribution is -2.37. The van der Waals surface area contributed by atoms with Gasteiger partial charge in [0.1, 0.15) is 11.2 Å². The average Bonchev–Trinajstić information content (AvgIpc) is 3.63. The minimum atomic E-state index is 0.821. The largest absolute Gasteiger partial charge is 0.456 e. The van der Waals surface area contributed by atoms with Crippen molar-refractivity contribution in [3.05, 3.63) is 139 Å². The standard InChI is InChI=1S/C42H29BN2O/c1-24-15-18-27(19-16-24)44-35-13-7-5-11-29(35)33-21-25(2)39-31-20-17-26-9-3-4-10-28(26)41(31)45-36-22-32-30-12-6-8-14-37(30)46-38(32)23-34(36)43-40(33)42(39)45/h3-23,43-44H,1-2H3. The minimum absolute atomic E-state index is 0.821. The molecule has 216 valence electrons. The van der Waals surface area contributed by atoms with Crippen LogP contribution in [0.3, 0.4) is 0 Å². The average molecular weight is 589 g/mol.